The number of rotatable bonds is 1. The number of aryl methyl sites for hydroxylation is 4. The van der Waals surface area contributed by atoms with Crippen LogP contribution in [0.5, 0.6) is 0 Å². The average Bonchev–Trinajstić information content (AvgIpc) is 2.38. The number of anilines is 1. The number of benzene rings is 2. The van der Waals surface area contributed by atoms with Crippen molar-refractivity contribution >= 4 is 16.5 Å². The number of hydrogen-bond donors (Lipinski definition) is 1. The predicted octanol–water partition coefficient (Wildman–Crippen LogP) is 4.53. The Kier molecular flexibility index (Phi) is 3.20. The molecular formula is C15H16F3N. The van der Waals surface area contributed by atoms with E-state index in [1.165, 1.54) is 13.8 Å². The highest BCUT2D eigenvalue weighted by Crippen LogP contribution is 2.38. The van der Waals surface area contributed by atoms with Gasteiger partial charge in [0.05, 0.1) is 5.69 Å². The molecule has 0 aliphatic heterocycles. The predicted molar refractivity (Wildman–Crippen MR) is 72.3 cm³/mol. The minimum atomic E-state index is -0.899. The van der Waals surface area contributed by atoms with Gasteiger partial charge in [0, 0.05) is 7.05 Å². The highest BCUT2D eigenvalue weighted by Gasteiger charge is 2.22. The normalized spacial score (nSPS) is 11.2. The first-order valence-electron chi connectivity index (χ1n) is 6.07. The van der Waals surface area contributed by atoms with Gasteiger partial charge in [0.15, 0.2) is 11.6 Å². The van der Waals surface area contributed by atoms with Gasteiger partial charge in [-0.15, -0.1) is 0 Å². The van der Waals surface area contributed by atoms with Crippen molar-refractivity contribution in [3.8, 4) is 0 Å². The Balaban J connectivity index is 3.18. The third-order valence-corrected chi connectivity index (χ3v) is 3.77. The van der Waals surface area contributed by atoms with Crippen LogP contribution in [0.4, 0.5) is 18.9 Å². The Morgan fingerprint density at radius 3 is 1.42 bits per heavy atom. The van der Waals surface area contributed by atoms with Crippen molar-refractivity contribution in [1.82, 2.24) is 0 Å². The molecule has 0 bridgehead atoms. The summed E-state index contributed by atoms with van der Waals surface area (Å²) in [5.41, 5.74) is 1.64. The molecule has 2 aromatic rings. The number of hydrogen-bond acceptors (Lipinski definition) is 1. The first-order valence-corrected chi connectivity index (χ1v) is 6.07. The van der Waals surface area contributed by atoms with Gasteiger partial charge >= 0.3 is 0 Å². The van der Waals surface area contributed by atoms with E-state index in [0.717, 1.165) is 0 Å². The minimum absolute atomic E-state index is 0.153. The molecular weight excluding hydrogens is 251 g/mol. The van der Waals surface area contributed by atoms with Crippen molar-refractivity contribution < 1.29 is 13.2 Å². The summed E-state index contributed by atoms with van der Waals surface area (Å²) in [6.45, 7) is 6.29. The summed E-state index contributed by atoms with van der Waals surface area (Å²) in [5.74, 6) is -2.17. The van der Waals surface area contributed by atoms with E-state index < -0.39 is 17.5 Å². The lowest BCUT2D eigenvalue weighted by molar-refractivity contribution is 0.500. The van der Waals surface area contributed by atoms with E-state index in [1.807, 2.05) is 0 Å². The molecule has 1 N–H and O–H groups in total. The molecule has 0 fully saturated rings. The first-order chi connectivity index (χ1) is 8.82. The zero-order chi connectivity index (χ0) is 14.5. The van der Waals surface area contributed by atoms with Gasteiger partial charge in [0.25, 0.3) is 0 Å². The van der Waals surface area contributed by atoms with Crippen LogP contribution in [0.25, 0.3) is 10.8 Å². The maximum atomic E-state index is 14.3. The topological polar surface area (TPSA) is 12.0 Å². The zero-order valence-corrected chi connectivity index (χ0v) is 11.6. The highest BCUT2D eigenvalue weighted by molar-refractivity contribution is 5.97. The fourth-order valence-corrected chi connectivity index (χ4v) is 2.75. The molecule has 102 valence electrons. The summed E-state index contributed by atoms with van der Waals surface area (Å²) in [6, 6.07) is 0. The maximum absolute atomic E-state index is 14.3. The summed E-state index contributed by atoms with van der Waals surface area (Å²) in [5, 5.41) is 3.83. The second-order valence-corrected chi connectivity index (χ2v) is 4.82. The van der Waals surface area contributed by atoms with Gasteiger partial charge in [0.2, 0.25) is 0 Å². The molecule has 0 saturated carbocycles. The van der Waals surface area contributed by atoms with Gasteiger partial charge < -0.3 is 5.32 Å². The Morgan fingerprint density at radius 1 is 0.632 bits per heavy atom. The van der Waals surface area contributed by atoms with Crippen LogP contribution in [0.1, 0.15) is 22.3 Å². The van der Waals surface area contributed by atoms with Gasteiger partial charge in [-0.2, -0.15) is 0 Å². The van der Waals surface area contributed by atoms with Crippen LogP contribution in [-0.2, 0) is 0 Å². The lowest BCUT2D eigenvalue weighted by Gasteiger charge is -2.18. The summed E-state index contributed by atoms with van der Waals surface area (Å²) in [4.78, 5) is 0. The zero-order valence-electron chi connectivity index (χ0n) is 11.6. The van der Waals surface area contributed by atoms with Crippen molar-refractivity contribution in [3.05, 3.63) is 39.7 Å². The van der Waals surface area contributed by atoms with Crippen molar-refractivity contribution in [2.24, 2.45) is 0 Å². The third kappa shape index (κ3) is 1.70. The first kappa shape index (κ1) is 13.7. The van der Waals surface area contributed by atoms with Crippen LogP contribution < -0.4 is 5.32 Å². The molecule has 0 spiro atoms. The number of halogens is 3. The fourth-order valence-electron chi connectivity index (χ4n) is 2.75. The van der Waals surface area contributed by atoms with Crippen LogP contribution in [0.2, 0.25) is 0 Å². The molecule has 0 saturated heterocycles. The molecule has 4 heteroatoms. The van der Waals surface area contributed by atoms with E-state index in [-0.39, 0.29) is 11.1 Å². The van der Waals surface area contributed by atoms with Gasteiger partial charge in [-0.25, -0.2) is 13.2 Å². The van der Waals surface area contributed by atoms with Gasteiger partial charge in [-0.1, -0.05) is 0 Å². The van der Waals surface area contributed by atoms with Crippen molar-refractivity contribution in [2.75, 3.05) is 12.4 Å². The summed E-state index contributed by atoms with van der Waals surface area (Å²) in [6.07, 6.45) is 0. The summed E-state index contributed by atoms with van der Waals surface area (Å²) in [7, 11) is 1.61. The largest absolute Gasteiger partial charge is 0.386 e. The summed E-state index contributed by atoms with van der Waals surface area (Å²) >= 11 is 0. The van der Waals surface area contributed by atoms with Crippen LogP contribution in [0.15, 0.2) is 0 Å². The highest BCUT2D eigenvalue weighted by atomic mass is 19.2. The number of nitrogens with one attached hydrogen (secondary N) is 1. The molecule has 0 aromatic heterocycles. The van der Waals surface area contributed by atoms with Crippen LogP contribution in [0.3, 0.4) is 0 Å². The molecule has 0 heterocycles. The fraction of sp³-hybridized carbons (Fsp3) is 0.333. The quantitative estimate of drug-likeness (QED) is 0.800. The van der Waals surface area contributed by atoms with E-state index >= 15 is 0 Å². The molecule has 19 heavy (non-hydrogen) atoms. The van der Waals surface area contributed by atoms with Crippen molar-refractivity contribution in [2.45, 2.75) is 27.7 Å². The lowest BCUT2D eigenvalue weighted by atomic mass is 9.91. The van der Waals surface area contributed by atoms with Crippen LogP contribution in [-0.4, -0.2) is 7.05 Å². The molecule has 1 nitrogen and oxygen atoms in total. The van der Waals surface area contributed by atoms with Crippen molar-refractivity contribution in [3.63, 3.8) is 0 Å². The van der Waals surface area contributed by atoms with E-state index in [0.29, 0.717) is 27.6 Å². The standard InChI is InChI=1S/C15H16F3N/c1-6-10-8(3)14(18)15(19-5)9(4)11(10)7(2)13(17)12(6)16/h19H,1-5H3. The Bertz CT molecular complexity index is 690. The second kappa shape index (κ2) is 4.44. The molecule has 2 rings (SSSR count). The van der Waals surface area contributed by atoms with Crippen LogP contribution >= 0.6 is 0 Å². The molecule has 2 aromatic carbocycles. The third-order valence-electron chi connectivity index (χ3n) is 3.77. The lowest BCUT2D eigenvalue weighted by Crippen LogP contribution is -2.05. The van der Waals surface area contributed by atoms with E-state index in [4.69, 9.17) is 0 Å². The molecule has 0 aliphatic rings. The van der Waals surface area contributed by atoms with Gasteiger partial charge in [0.1, 0.15) is 5.82 Å². The minimum Gasteiger partial charge on any atom is -0.386 e. The smallest absolute Gasteiger partial charge is 0.162 e. The Morgan fingerprint density at radius 2 is 1.00 bits per heavy atom. The molecule has 0 atom stereocenters. The molecule has 0 aliphatic carbocycles. The maximum Gasteiger partial charge on any atom is 0.162 e. The molecule has 0 amide bonds. The van der Waals surface area contributed by atoms with E-state index in [9.17, 15) is 13.2 Å². The van der Waals surface area contributed by atoms with Crippen molar-refractivity contribution in [1.29, 1.82) is 0 Å². The average molecular weight is 267 g/mol. The van der Waals surface area contributed by atoms with Gasteiger partial charge in [-0.3, -0.25) is 0 Å². The number of fused-ring (bicyclic) bond motifs is 1. The van der Waals surface area contributed by atoms with E-state index in [2.05, 4.69) is 5.32 Å². The van der Waals surface area contributed by atoms with E-state index in [1.54, 1.807) is 20.9 Å². The van der Waals surface area contributed by atoms with Gasteiger partial charge in [-0.05, 0) is 60.7 Å². The summed E-state index contributed by atoms with van der Waals surface area (Å²) < 4.78 is 42.0. The monoisotopic (exact) mass is 267 g/mol. The SMILES string of the molecule is CNc1c(F)c(C)c2c(C)c(F)c(F)c(C)c2c1C. The Hall–Kier alpha value is -1.71. The molecule has 0 radical (unpaired) electrons. The molecule has 0 unspecified atom stereocenters. The second-order valence-electron chi connectivity index (χ2n) is 4.82. The van der Waals surface area contributed by atoms with Crippen LogP contribution in [0, 0.1) is 45.1 Å². The Labute approximate surface area is 110 Å².